The minimum atomic E-state index is -4.36. The van der Waals surface area contributed by atoms with Gasteiger partial charge in [0.2, 0.25) is 0 Å². The van der Waals surface area contributed by atoms with E-state index in [-0.39, 0.29) is 5.02 Å². The summed E-state index contributed by atoms with van der Waals surface area (Å²) in [7, 11) is 0. The van der Waals surface area contributed by atoms with E-state index in [1.807, 2.05) is 6.92 Å². The Morgan fingerprint density at radius 2 is 1.93 bits per heavy atom. The van der Waals surface area contributed by atoms with Crippen LogP contribution in [-0.2, 0) is 12.6 Å². The van der Waals surface area contributed by atoms with Gasteiger partial charge in [0.15, 0.2) is 0 Å². The standard InChI is InChI=1S/C10H10ClF3/c1-2-3-7-4-5-9(11)8(6-7)10(12,13)14/h4-6H,2-3H2,1H3. The lowest BCUT2D eigenvalue weighted by Crippen LogP contribution is -2.06. The highest BCUT2D eigenvalue weighted by Gasteiger charge is 2.33. The quantitative estimate of drug-likeness (QED) is 0.700. The highest BCUT2D eigenvalue weighted by molar-refractivity contribution is 6.31. The van der Waals surface area contributed by atoms with Crippen LogP contribution in [-0.4, -0.2) is 0 Å². The summed E-state index contributed by atoms with van der Waals surface area (Å²) in [5, 5.41) is -0.239. The molecule has 0 saturated heterocycles. The lowest BCUT2D eigenvalue weighted by Gasteiger charge is -2.10. The summed E-state index contributed by atoms with van der Waals surface area (Å²) >= 11 is 5.46. The van der Waals surface area contributed by atoms with Crippen LogP contribution in [0, 0.1) is 0 Å². The van der Waals surface area contributed by atoms with E-state index in [1.54, 1.807) is 6.07 Å². The molecule has 0 spiro atoms. The number of hydrogen-bond donors (Lipinski definition) is 0. The summed E-state index contributed by atoms with van der Waals surface area (Å²) in [6.45, 7) is 1.92. The van der Waals surface area contributed by atoms with E-state index < -0.39 is 11.7 Å². The maximum Gasteiger partial charge on any atom is 0.417 e. The Morgan fingerprint density at radius 1 is 1.29 bits per heavy atom. The van der Waals surface area contributed by atoms with Gasteiger partial charge >= 0.3 is 6.18 Å². The van der Waals surface area contributed by atoms with E-state index >= 15 is 0 Å². The first-order valence-corrected chi connectivity index (χ1v) is 4.68. The fraction of sp³-hybridized carbons (Fsp3) is 0.400. The molecule has 0 nitrogen and oxygen atoms in total. The Kier molecular flexibility index (Phi) is 3.43. The topological polar surface area (TPSA) is 0 Å². The Bertz CT molecular complexity index is 318. The molecular formula is C10H10ClF3. The molecular weight excluding hydrogens is 213 g/mol. The number of rotatable bonds is 2. The molecule has 14 heavy (non-hydrogen) atoms. The van der Waals surface area contributed by atoms with Crippen LogP contribution in [0.15, 0.2) is 18.2 Å². The second-order valence-corrected chi connectivity index (χ2v) is 3.47. The number of halogens is 4. The molecule has 1 rings (SSSR count). The third-order valence-electron chi connectivity index (χ3n) is 1.87. The molecule has 1 aromatic carbocycles. The Balaban J connectivity index is 3.09. The molecule has 0 atom stereocenters. The summed E-state index contributed by atoms with van der Waals surface area (Å²) in [4.78, 5) is 0. The Morgan fingerprint density at radius 3 is 2.43 bits per heavy atom. The van der Waals surface area contributed by atoms with Crippen LogP contribution in [0.2, 0.25) is 5.02 Å². The van der Waals surface area contributed by atoms with Crippen molar-refractivity contribution in [1.29, 1.82) is 0 Å². The number of benzene rings is 1. The van der Waals surface area contributed by atoms with E-state index in [2.05, 4.69) is 0 Å². The van der Waals surface area contributed by atoms with Gasteiger partial charge in [0, 0.05) is 0 Å². The lowest BCUT2D eigenvalue weighted by atomic mass is 10.1. The molecule has 0 aliphatic rings. The second-order valence-electron chi connectivity index (χ2n) is 3.06. The maximum atomic E-state index is 12.4. The van der Waals surface area contributed by atoms with Crippen molar-refractivity contribution in [2.75, 3.05) is 0 Å². The Labute approximate surface area is 85.7 Å². The average molecular weight is 223 g/mol. The maximum absolute atomic E-state index is 12.4. The van der Waals surface area contributed by atoms with E-state index in [0.29, 0.717) is 12.0 Å². The van der Waals surface area contributed by atoms with Crippen molar-refractivity contribution in [1.82, 2.24) is 0 Å². The van der Waals surface area contributed by atoms with Crippen molar-refractivity contribution in [3.05, 3.63) is 34.3 Å². The fourth-order valence-electron chi connectivity index (χ4n) is 1.23. The van der Waals surface area contributed by atoms with Crippen LogP contribution < -0.4 is 0 Å². The summed E-state index contributed by atoms with van der Waals surface area (Å²) in [6, 6.07) is 4.04. The molecule has 0 heterocycles. The molecule has 1 aromatic rings. The van der Waals surface area contributed by atoms with Crippen LogP contribution in [0.4, 0.5) is 13.2 Å². The van der Waals surface area contributed by atoms with E-state index in [1.165, 1.54) is 6.07 Å². The van der Waals surface area contributed by atoms with Gasteiger partial charge in [0.05, 0.1) is 10.6 Å². The van der Waals surface area contributed by atoms with Gasteiger partial charge in [-0.3, -0.25) is 0 Å². The van der Waals surface area contributed by atoms with Crippen molar-refractivity contribution < 1.29 is 13.2 Å². The van der Waals surface area contributed by atoms with Gasteiger partial charge in [-0.15, -0.1) is 0 Å². The van der Waals surface area contributed by atoms with Gasteiger partial charge in [-0.05, 0) is 24.1 Å². The zero-order valence-electron chi connectivity index (χ0n) is 7.66. The molecule has 0 aliphatic carbocycles. The number of alkyl halides is 3. The van der Waals surface area contributed by atoms with Gasteiger partial charge < -0.3 is 0 Å². The molecule has 0 amide bonds. The molecule has 4 heteroatoms. The smallest absolute Gasteiger partial charge is 0.166 e. The minimum absolute atomic E-state index is 0.239. The van der Waals surface area contributed by atoms with Crippen LogP contribution in [0.25, 0.3) is 0 Å². The van der Waals surface area contributed by atoms with Gasteiger partial charge in [-0.1, -0.05) is 31.0 Å². The normalized spacial score (nSPS) is 11.8. The largest absolute Gasteiger partial charge is 0.417 e. The van der Waals surface area contributed by atoms with Crippen molar-refractivity contribution in [2.45, 2.75) is 25.9 Å². The van der Waals surface area contributed by atoms with Crippen molar-refractivity contribution in [3.8, 4) is 0 Å². The van der Waals surface area contributed by atoms with Crippen molar-refractivity contribution >= 4 is 11.6 Å². The van der Waals surface area contributed by atoms with Crippen LogP contribution in [0.3, 0.4) is 0 Å². The van der Waals surface area contributed by atoms with Gasteiger partial charge in [0.1, 0.15) is 0 Å². The summed E-state index contributed by atoms with van der Waals surface area (Å²) in [6.07, 6.45) is -2.90. The van der Waals surface area contributed by atoms with Gasteiger partial charge in [0.25, 0.3) is 0 Å². The molecule has 0 N–H and O–H groups in total. The van der Waals surface area contributed by atoms with Crippen molar-refractivity contribution in [2.24, 2.45) is 0 Å². The van der Waals surface area contributed by atoms with Crippen molar-refractivity contribution in [3.63, 3.8) is 0 Å². The first kappa shape index (κ1) is 11.4. The summed E-state index contributed by atoms with van der Waals surface area (Å²) in [5.74, 6) is 0. The van der Waals surface area contributed by atoms with E-state index in [4.69, 9.17) is 11.6 Å². The predicted molar refractivity (Wildman–Crippen MR) is 50.4 cm³/mol. The highest BCUT2D eigenvalue weighted by Crippen LogP contribution is 2.35. The second kappa shape index (κ2) is 4.22. The van der Waals surface area contributed by atoms with E-state index in [9.17, 15) is 13.2 Å². The monoisotopic (exact) mass is 222 g/mol. The SMILES string of the molecule is CCCc1ccc(Cl)c(C(F)(F)F)c1. The molecule has 0 bridgehead atoms. The number of aryl methyl sites for hydroxylation is 1. The average Bonchev–Trinajstić information content (AvgIpc) is 2.07. The molecule has 0 unspecified atom stereocenters. The molecule has 0 radical (unpaired) electrons. The zero-order valence-corrected chi connectivity index (χ0v) is 8.41. The minimum Gasteiger partial charge on any atom is -0.166 e. The Hall–Kier alpha value is -0.700. The van der Waals surface area contributed by atoms with Gasteiger partial charge in [-0.2, -0.15) is 13.2 Å². The van der Waals surface area contributed by atoms with Gasteiger partial charge in [-0.25, -0.2) is 0 Å². The number of hydrogen-bond acceptors (Lipinski definition) is 0. The van der Waals surface area contributed by atoms with Crippen LogP contribution >= 0.6 is 11.6 Å². The van der Waals surface area contributed by atoms with Crippen LogP contribution in [0.5, 0.6) is 0 Å². The van der Waals surface area contributed by atoms with Crippen LogP contribution in [0.1, 0.15) is 24.5 Å². The van der Waals surface area contributed by atoms with E-state index in [0.717, 1.165) is 12.5 Å². The summed E-state index contributed by atoms with van der Waals surface area (Å²) < 4.78 is 37.2. The predicted octanol–water partition coefficient (Wildman–Crippen LogP) is 4.31. The highest BCUT2D eigenvalue weighted by atomic mass is 35.5. The molecule has 0 aliphatic heterocycles. The third-order valence-corrected chi connectivity index (χ3v) is 2.20. The summed E-state index contributed by atoms with van der Waals surface area (Å²) in [5.41, 5.74) is -0.0747. The molecule has 78 valence electrons. The zero-order chi connectivity index (χ0) is 10.8. The third kappa shape index (κ3) is 2.64. The first-order valence-electron chi connectivity index (χ1n) is 4.30. The lowest BCUT2D eigenvalue weighted by molar-refractivity contribution is -0.137. The first-order chi connectivity index (χ1) is 6.45. The fourth-order valence-corrected chi connectivity index (χ4v) is 1.46. The molecule has 0 aromatic heterocycles. The molecule has 0 saturated carbocycles. The molecule has 0 fully saturated rings.